The van der Waals surface area contributed by atoms with E-state index in [9.17, 15) is 0 Å². The molecule has 0 unspecified atom stereocenters. The van der Waals surface area contributed by atoms with Gasteiger partial charge in [-0.1, -0.05) is 32.0 Å². The molecule has 3 heteroatoms. The molecule has 0 fully saturated rings. The lowest BCUT2D eigenvalue weighted by Crippen LogP contribution is -2.09. The maximum absolute atomic E-state index is 7.40. The highest BCUT2D eigenvalue weighted by Gasteiger charge is 2.08. The summed E-state index contributed by atoms with van der Waals surface area (Å²) < 4.78 is 1.20. The minimum absolute atomic E-state index is 0.165. The van der Waals surface area contributed by atoms with Crippen LogP contribution in [0.5, 0.6) is 0 Å². The average Bonchev–Trinajstić information content (AvgIpc) is 2.60. The number of benzene rings is 1. The molecule has 0 aliphatic rings. The van der Waals surface area contributed by atoms with Crippen LogP contribution in [-0.4, -0.2) is 5.84 Å². The van der Waals surface area contributed by atoms with E-state index in [-0.39, 0.29) is 5.84 Å². The van der Waals surface area contributed by atoms with Crippen molar-refractivity contribution in [1.29, 1.82) is 5.41 Å². The Balaban J connectivity index is 0.000000531. The molecule has 1 aromatic carbocycles. The lowest BCUT2D eigenvalue weighted by Gasteiger charge is -1.93. The van der Waals surface area contributed by atoms with E-state index in [1.807, 2.05) is 32.9 Å². The Bertz CT molecular complexity index is 471. The topological polar surface area (TPSA) is 49.9 Å². The molecule has 15 heavy (non-hydrogen) atoms. The molecule has 1 aromatic heterocycles. The molecule has 0 radical (unpaired) electrons. The van der Waals surface area contributed by atoms with E-state index >= 15 is 0 Å². The number of nitrogen functional groups attached to an aromatic ring is 1. The quantitative estimate of drug-likeness (QED) is 0.560. The molecule has 2 rings (SSSR count). The number of fused-ring (bicyclic) bond motifs is 1. The zero-order valence-electron chi connectivity index (χ0n) is 9.29. The van der Waals surface area contributed by atoms with Gasteiger partial charge in [-0.2, -0.15) is 0 Å². The first-order valence-electron chi connectivity index (χ1n) is 5.02. The van der Waals surface area contributed by atoms with Gasteiger partial charge in [0.05, 0.1) is 4.88 Å². The van der Waals surface area contributed by atoms with E-state index in [1.54, 1.807) is 11.3 Å². The van der Waals surface area contributed by atoms with Crippen LogP contribution in [0.1, 0.15) is 24.3 Å². The van der Waals surface area contributed by atoms with Gasteiger partial charge in [-0.05, 0) is 23.9 Å². The summed E-state index contributed by atoms with van der Waals surface area (Å²) in [5.41, 5.74) is 6.59. The standard InChI is InChI=1S/C10H10N2S.C2H6/c1-6-7-4-2-3-5-8(7)13-9(6)10(11)12;1-2/h2-5H,1H3,(H3,11,12);1-2H3. The molecular weight excluding hydrogens is 204 g/mol. The van der Waals surface area contributed by atoms with Crippen molar-refractivity contribution in [2.24, 2.45) is 5.73 Å². The first-order valence-corrected chi connectivity index (χ1v) is 5.84. The van der Waals surface area contributed by atoms with Crippen LogP contribution in [0.2, 0.25) is 0 Å². The van der Waals surface area contributed by atoms with Gasteiger partial charge in [-0.3, -0.25) is 5.41 Å². The van der Waals surface area contributed by atoms with E-state index in [0.717, 1.165) is 10.4 Å². The third-order valence-electron chi connectivity index (χ3n) is 2.09. The number of hydrogen-bond donors (Lipinski definition) is 2. The molecule has 0 aliphatic carbocycles. The van der Waals surface area contributed by atoms with Crippen LogP contribution in [-0.2, 0) is 0 Å². The summed E-state index contributed by atoms with van der Waals surface area (Å²) in [4.78, 5) is 0.890. The molecule has 0 atom stereocenters. The largest absolute Gasteiger partial charge is 0.383 e. The van der Waals surface area contributed by atoms with Crippen molar-refractivity contribution < 1.29 is 0 Å². The second-order valence-corrected chi connectivity index (χ2v) is 4.02. The third kappa shape index (κ3) is 2.18. The van der Waals surface area contributed by atoms with E-state index in [1.165, 1.54) is 10.1 Å². The van der Waals surface area contributed by atoms with E-state index < -0.39 is 0 Å². The molecular formula is C12H16N2S. The van der Waals surface area contributed by atoms with Crippen LogP contribution in [0.3, 0.4) is 0 Å². The summed E-state index contributed by atoms with van der Waals surface area (Å²) in [5.74, 6) is 0.165. The van der Waals surface area contributed by atoms with Crippen LogP contribution in [0.15, 0.2) is 24.3 Å². The van der Waals surface area contributed by atoms with Crippen LogP contribution in [0.25, 0.3) is 10.1 Å². The Labute approximate surface area is 94.2 Å². The zero-order valence-corrected chi connectivity index (χ0v) is 10.1. The van der Waals surface area contributed by atoms with Gasteiger partial charge in [-0.15, -0.1) is 11.3 Å². The molecule has 3 N–H and O–H groups in total. The maximum atomic E-state index is 7.40. The van der Waals surface area contributed by atoms with Gasteiger partial charge >= 0.3 is 0 Å². The molecule has 0 bridgehead atoms. The first-order chi connectivity index (χ1) is 7.20. The summed E-state index contributed by atoms with van der Waals surface area (Å²) in [5, 5.41) is 8.60. The Hall–Kier alpha value is -1.35. The fourth-order valence-electron chi connectivity index (χ4n) is 1.43. The summed E-state index contributed by atoms with van der Waals surface area (Å²) in [6, 6.07) is 8.13. The van der Waals surface area contributed by atoms with Crippen molar-refractivity contribution in [3.63, 3.8) is 0 Å². The Morgan fingerprint density at radius 1 is 1.27 bits per heavy atom. The Kier molecular flexibility index (Phi) is 3.86. The summed E-state index contributed by atoms with van der Waals surface area (Å²) in [7, 11) is 0. The van der Waals surface area contributed by atoms with Crippen LogP contribution in [0, 0.1) is 12.3 Å². The molecule has 2 aromatic rings. The number of thiophene rings is 1. The van der Waals surface area contributed by atoms with Crippen molar-refractivity contribution in [1.82, 2.24) is 0 Å². The van der Waals surface area contributed by atoms with Gasteiger partial charge < -0.3 is 5.73 Å². The fraction of sp³-hybridized carbons (Fsp3) is 0.250. The van der Waals surface area contributed by atoms with Crippen molar-refractivity contribution in [3.05, 3.63) is 34.7 Å². The minimum Gasteiger partial charge on any atom is -0.383 e. The molecule has 0 aliphatic heterocycles. The van der Waals surface area contributed by atoms with E-state index in [0.29, 0.717) is 0 Å². The molecule has 80 valence electrons. The second kappa shape index (κ2) is 4.94. The highest BCUT2D eigenvalue weighted by molar-refractivity contribution is 7.21. The summed E-state index contributed by atoms with van der Waals surface area (Å²) >= 11 is 1.58. The number of aryl methyl sites for hydroxylation is 1. The van der Waals surface area contributed by atoms with Gasteiger partial charge in [0.25, 0.3) is 0 Å². The lowest BCUT2D eigenvalue weighted by atomic mass is 10.1. The lowest BCUT2D eigenvalue weighted by molar-refractivity contribution is 1.43. The molecule has 0 spiro atoms. The normalized spacial score (nSPS) is 9.53. The van der Waals surface area contributed by atoms with Gasteiger partial charge in [-0.25, -0.2) is 0 Å². The molecule has 0 amide bonds. The third-order valence-corrected chi connectivity index (χ3v) is 3.39. The molecule has 0 saturated heterocycles. The minimum atomic E-state index is 0.165. The number of amidine groups is 1. The smallest absolute Gasteiger partial charge is 0.133 e. The molecule has 1 heterocycles. The van der Waals surface area contributed by atoms with Crippen LogP contribution in [0.4, 0.5) is 0 Å². The first kappa shape index (κ1) is 11.7. The predicted octanol–water partition coefficient (Wildman–Crippen LogP) is 3.52. The highest BCUT2D eigenvalue weighted by Crippen LogP contribution is 2.29. The SMILES string of the molecule is CC.Cc1c(C(=N)N)sc2ccccc12. The van der Waals surface area contributed by atoms with E-state index in [2.05, 4.69) is 12.1 Å². The summed E-state index contributed by atoms with van der Waals surface area (Å²) in [6.07, 6.45) is 0. The number of nitrogens with two attached hydrogens (primary N) is 1. The predicted molar refractivity (Wildman–Crippen MR) is 68.9 cm³/mol. The molecule has 2 nitrogen and oxygen atoms in total. The number of hydrogen-bond acceptors (Lipinski definition) is 2. The monoisotopic (exact) mass is 220 g/mol. The zero-order chi connectivity index (χ0) is 11.4. The highest BCUT2D eigenvalue weighted by atomic mass is 32.1. The van der Waals surface area contributed by atoms with Crippen molar-refractivity contribution in [2.75, 3.05) is 0 Å². The van der Waals surface area contributed by atoms with Crippen molar-refractivity contribution in [3.8, 4) is 0 Å². The number of nitrogens with one attached hydrogen (secondary N) is 1. The van der Waals surface area contributed by atoms with Crippen LogP contribution >= 0.6 is 11.3 Å². The van der Waals surface area contributed by atoms with Gasteiger partial charge in [0.2, 0.25) is 0 Å². The Morgan fingerprint density at radius 3 is 2.40 bits per heavy atom. The fourth-order valence-corrected chi connectivity index (χ4v) is 2.50. The van der Waals surface area contributed by atoms with Gasteiger partial charge in [0.15, 0.2) is 0 Å². The van der Waals surface area contributed by atoms with Crippen molar-refractivity contribution >= 4 is 27.3 Å². The Morgan fingerprint density at radius 2 is 1.87 bits per heavy atom. The van der Waals surface area contributed by atoms with Crippen molar-refractivity contribution in [2.45, 2.75) is 20.8 Å². The van der Waals surface area contributed by atoms with Crippen LogP contribution < -0.4 is 5.73 Å². The van der Waals surface area contributed by atoms with Gasteiger partial charge in [0.1, 0.15) is 5.84 Å². The van der Waals surface area contributed by atoms with E-state index in [4.69, 9.17) is 11.1 Å². The second-order valence-electron chi connectivity index (χ2n) is 2.97. The average molecular weight is 220 g/mol. The number of rotatable bonds is 1. The summed E-state index contributed by atoms with van der Waals surface area (Å²) in [6.45, 7) is 6.01. The molecule has 0 saturated carbocycles. The van der Waals surface area contributed by atoms with Gasteiger partial charge in [0, 0.05) is 4.70 Å². The maximum Gasteiger partial charge on any atom is 0.133 e.